The number of rotatable bonds is 3. The van der Waals surface area contributed by atoms with Crippen molar-refractivity contribution in [2.75, 3.05) is 13.1 Å². The molecule has 162 valence electrons. The van der Waals surface area contributed by atoms with Crippen LogP contribution >= 0.6 is 0 Å². The van der Waals surface area contributed by atoms with E-state index in [1.165, 1.54) is 6.42 Å². The Hall–Kier alpha value is -2.18. The number of H-pyrrole nitrogens is 1. The fourth-order valence-corrected chi connectivity index (χ4v) is 5.44. The maximum absolute atomic E-state index is 13.0. The molecule has 5 rings (SSSR count). The number of nitrogens with zero attached hydrogens (tertiary/aromatic N) is 3. The van der Waals surface area contributed by atoms with Crippen LogP contribution < -0.4 is 5.56 Å². The highest BCUT2D eigenvalue weighted by atomic mass is 16.2. The van der Waals surface area contributed by atoms with E-state index in [1.807, 2.05) is 9.80 Å². The zero-order valence-corrected chi connectivity index (χ0v) is 17.7. The van der Waals surface area contributed by atoms with Gasteiger partial charge in [-0.2, -0.15) is 0 Å². The molecule has 1 aromatic rings. The molecule has 3 fully saturated rings. The van der Waals surface area contributed by atoms with Gasteiger partial charge < -0.3 is 14.8 Å². The lowest BCUT2D eigenvalue weighted by atomic mass is 9.88. The average Bonchev–Trinajstić information content (AvgIpc) is 3.64. The zero-order chi connectivity index (χ0) is 20.7. The first kappa shape index (κ1) is 19.8. The van der Waals surface area contributed by atoms with Crippen LogP contribution in [0.2, 0.25) is 0 Å². The Morgan fingerprint density at radius 3 is 2.37 bits per heavy atom. The van der Waals surface area contributed by atoms with Crippen LogP contribution in [0.15, 0.2) is 4.79 Å². The number of amides is 2. The van der Waals surface area contributed by atoms with Crippen LogP contribution in [0.3, 0.4) is 0 Å². The fraction of sp³-hybridized carbons (Fsp3) is 0.739. The number of aromatic amines is 1. The molecule has 2 amide bonds. The van der Waals surface area contributed by atoms with Gasteiger partial charge in [-0.3, -0.25) is 14.4 Å². The van der Waals surface area contributed by atoms with Crippen molar-refractivity contribution in [1.82, 2.24) is 19.8 Å². The summed E-state index contributed by atoms with van der Waals surface area (Å²) >= 11 is 0. The van der Waals surface area contributed by atoms with Gasteiger partial charge in [-0.1, -0.05) is 19.3 Å². The molecule has 7 heteroatoms. The molecule has 0 aromatic carbocycles. The summed E-state index contributed by atoms with van der Waals surface area (Å²) in [6.07, 6.45) is 10.9. The summed E-state index contributed by atoms with van der Waals surface area (Å²) in [7, 11) is 0. The highest BCUT2D eigenvalue weighted by Gasteiger charge is 2.39. The maximum atomic E-state index is 13.0. The van der Waals surface area contributed by atoms with Crippen molar-refractivity contribution >= 4 is 11.8 Å². The smallest absolute Gasteiger partial charge is 0.256 e. The Balaban J connectivity index is 1.35. The first-order valence-corrected chi connectivity index (χ1v) is 11.8. The highest BCUT2D eigenvalue weighted by Crippen LogP contribution is 2.37. The van der Waals surface area contributed by atoms with E-state index >= 15 is 0 Å². The van der Waals surface area contributed by atoms with Crippen LogP contribution in [-0.4, -0.2) is 44.7 Å². The van der Waals surface area contributed by atoms with Crippen LogP contribution in [-0.2, 0) is 22.6 Å². The monoisotopic (exact) mass is 412 g/mol. The molecule has 1 saturated heterocycles. The molecule has 1 unspecified atom stereocenters. The van der Waals surface area contributed by atoms with Crippen LogP contribution in [0.1, 0.15) is 87.3 Å². The number of piperidine rings is 1. The van der Waals surface area contributed by atoms with Crippen molar-refractivity contribution in [2.24, 2.45) is 11.8 Å². The predicted octanol–water partition coefficient (Wildman–Crippen LogP) is 2.70. The second-order valence-electron chi connectivity index (χ2n) is 9.54. The molecule has 0 bridgehead atoms. The summed E-state index contributed by atoms with van der Waals surface area (Å²) in [6, 6.07) is -0.119. The number of fused-ring (bicyclic) bond motifs is 1. The zero-order valence-electron chi connectivity index (χ0n) is 17.7. The molecule has 7 nitrogen and oxygen atoms in total. The van der Waals surface area contributed by atoms with Gasteiger partial charge in [-0.05, 0) is 44.9 Å². The van der Waals surface area contributed by atoms with Gasteiger partial charge in [-0.25, -0.2) is 4.98 Å². The second kappa shape index (κ2) is 8.16. The van der Waals surface area contributed by atoms with Crippen LogP contribution in [0.25, 0.3) is 0 Å². The van der Waals surface area contributed by atoms with Crippen LogP contribution in [0.5, 0.6) is 0 Å². The van der Waals surface area contributed by atoms with Crippen LogP contribution in [0, 0.1) is 11.8 Å². The minimum Gasteiger partial charge on any atom is -0.337 e. The van der Waals surface area contributed by atoms with Crippen molar-refractivity contribution < 1.29 is 9.59 Å². The number of likely N-dealkylation sites (tertiary alicyclic amines) is 1. The van der Waals surface area contributed by atoms with E-state index in [0.717, 1.165) is 70.0 Å². The molecule has 4 aliphatic rings. The summed E-state index contributed by atoms with van der Waals surface area (Å²) < 4.78 is 0. The summed E-state index contributed by atoms with van der Waals surface area (Å²) in [5.74, 6) is 1.37. The SMILES string of the molecule is O=C(C1CCCCC1)N1CCc2nc(C3CCCCN3C(=O)C3CC3)[nH]c(=O)c2C1. The molecular formula is C23H32N4O3. The Bertz CT molecular complexity index is 885. The lowest BCUT2D eigenvalue weighted by Gasteiger charge is -2.36. The van der Waals surface area contributed by atoms with Crippen molar-refractivity contribution in [2.45, 2.75) is 83.2 Å². The first-order valence-electron chi connectivity index (χ1n) is 11.8. The van der Waals surface area contributed by atoms with Gasteiger partial charge >= 0.3 is 0 Å². The number of carbonyl (C=O) groups excluding carboxylic acids is 2. The summed E-state index contributed by atoms with van der Waals surface area (Å²) in [6.45, 7) is 1.75. The third-order valence-corrected chi connectivity index (χ3v) is 7.38. The third-order valence-electron chi connectivity index (χ3n) is 7.38. The molecule has 1 atom stereocenters. The van der Waals surface area contributed by atoms with Gasteiger partial charge in [0.05, 0.1) is 23.8 Å². The third kappa shape index (κ3) is 3.79. The minimum atomic E-state index is -0.138. The number of hydrogen-bond acceptors (Lipinski definition) is 4. The van der Waals surface area contributed by atoms with Gasteiger partial charge in [0.25, 0.3) is 5.56 Å². The lowest BCUT2D eigenvalue weighted by molar-refractivity contribution is -0.138. The number of nitrogens with one attached hydrogen (secondary N) is 1. The van der Waals surface area contributed by atoms with Gasteiger partial charge in [0, 0.05) is 31.3 Å². The lowest BCUT2D eigenvalue weighted by Crippen LogP contribution is -2.44. The Kier molecular flexibility index (Phi) is 5.37. The Labute approximate surface area is 177 Å². The highest BCUT2D eigenvalue weighted by molar-refractivity contribution is 5.81. The maximum Gasteiger partial charge on any atom is 0.256 e. The number of carbonyl (C=O) groups is 2. The normalized spacial score (nSPS) is 25.1. The Morgan fingerprint density at radius 1 is 0.867 bits per heavy atom. The van der Waals surface area contributed by atoms with E-state index < -0.39 is 0 Å². The van der Waals surface area contributed by atoms with Gasteiger partial charge in [0.15, 0.2) is 0 Å². The fourth-order valence-electron chi connectivity index (χ4n) is 5.44. The predicted molar refractivity (Wildman–Crippen MR) is 112 cm³/mol. The molecule has 3 heterocycles. The second-order valence-corrected chi connectivity index (χ2v) is 9.54. The van der Waals surface area contributed by atoms with E-state index in [0.29, 0.717) is 30.9 Å². The van der Waals surface area contributed by atoms with Crippen molar-refractivity contribution in [1.29, 1.82) is 0 Å². The molecule has 2 aliphatic carbocycles. The topological polar surface area (TPSA) is 86.4 Å². The van der Waals surface area contributed by atoms with E-state index in [9.17, 15) is 14.4 Å². The van der Waals surface area contributed by atoms with E-state index in [1.54, 1.807) is 0 Å². The van der Waals surface area contributed by atoms with Crippen molar-refractivity contribution in [3.8, 4) is 0 Å². The molecular weight excluding hydrogens is 380 g/mol. The number of hydrogen-bond donors (Lipinski definition) is 1. The molecule has 30 heavy (non-hydrogen) atoms. The van der Waals surface area contributed by atoms with E-state index in [-0.39, 0.29) is 35.3 Å². The average molecular weight is 413 g/mol. The number of aromatic nitrogens is 2. The first-order chi connectivity index (χ1) is 14.6. The molecule has 0 spiro atoms. The quantitative estimate of drug-likeness (QED) is 0.827. The van der Waals surface area contributed by atoms with Gasteiger partial charge in [-0.15, -0.1) is 0 Å². The molecule has 0 radical (unpaired) electrons. The summed E-state index contributed by atoms with van der Waals surface area (Å²) in [5, 5.41) is 0. The largest absolute Gasteiger partial charge is 0.337 e. The van der Waals surface area contributed by atoms with Crippen molar-refractivity contribution in [3.05, 3.63) is 27.4 Å². The van der Waals surface area contributed by atoms with Gasteiger partial charge in [0.2, 0.25) is 11.8 Å². The minimum absolute atomic E-state index is 0.119. The van der Waals surface area contributed by atoms with E-state index in [2.05, 4.69) is 4.98 Å². The molecule has 1 N–H and O–H groups in total. The Morgan fingerprint density at radius 2 is 1.60 bits per heavy atom. The van der Waals surface area contributed by atoms with Crippen molar-refractivity contribution in [3.63, 3.8) is 0 Å². The van der Waals surface area contributed by atoms with Gasteiger partial charge in [0.1, 0.15) is 5.82 Å². The summed E-state index contributed by atoms with van der Waals surface area (Å²) in [5.41, 5.74) is 1.30. The standard InChI is InChI=1S/C23H32N4O3/c28-21-17-14-26(22(29)15-6-2-1-3-7-15)13-11-18(17)24-20(25-21)19-8-4-5-12-27(19)23(30)16-9-10-16/h15-16,19H,1-14H2,(H,24,25,28). The molecule has 1 aromatic heterocycles. The van der Waals surface area contributed by atoms with Crippen LogP contribution in [0.4, 0.5) is 0 Å². The molecule has 2 saturated carbocycles. The summed E-state index contributed by atoms with van der Waals surface area (Å²) in [4.78, 5) is 50.3. The van der Waals surface area contributed by atoms with E-state index in [4.69, 9.17) is 4.98 Å². The molecule has 2 aliphatic heterocycles.